The van der Waals surface area contributed by atoms with Gasteiger partial charge in [-0.3, -0.25) is 0 Å². The molecule has 0 atom stereocenters. The van der Waals surface area contributed by atoms with Crippen molar-refractivity contribution in [3.05, 3.63) is 56.0 Å². The lowest BCUT2D eigenvalue weighted by molar-refractivity contribution is 0.334. The van der Waals surface area contributed by atoms with Crippen LogP contribution in [0.4, 0.5) is 5.69 Å². The summed E-state index contributed by atoms with van der Waals surface area (Å²) in [5, 5.41) is 3.47. The number of halogens is 2. The predicted octanol–water partition coefficient (Wildman–Crippen LogP) is 5.84. The molecule has 112 valence electrons. The molecule has 21 heavy (non-hydrogen) atoms. The van der Waals surface area contributed by atoms with Gasteiger partial charge in [-0.2, -0.15) is 0 Å². The lowest BCUT2D eigenvalue weighted by Gasteiger charge is -2.15. The lowest BCUT2D eigenvalue weighted by atomic mass is 10.1. The second-order valence-corrected chi connectivity index (χ2v) is 6.81. The first-order valence-electron chi connectivity index (χ1n) is 6.92. The maximum absolute atomic E-state index is 5.75. The van der Waals surface area contributed by atoms with E-state index in [9.17, 15) is 0 Å². The van der Waals surface area contributed by atoms with Crippen molar-refractivity contribution >= 4 is 37.5 Å². The van der Waals surface area contributed by atoms with Crippen molar-refractivity contribution in [2.45, 2.75) is 27.3 Å². The Morgan fingerprint density at radius 2 is 1.67 bits per heavy atom. The number of ether oxygens (including phenoxy) is 1. The van der Waals surface area contributed by atoms with Crippen molar-refractivity contribution in [3.8, 4) is 5.75 Å². The fraction of sp³-hybridized carbons (Fsp3) is 0.294. The second-order valence-electron chi connectivity index (χ2n) is 5.04. The number of hydrogen-bond donors (Lipinski definition) is 1. The van der Waals surface area contributed by atoms with E-state index >= 15 is 0 Å². The molecule has 0 aliphatic carbocycles. The highest BCUT2D eigenvalue weighted by Crippen LogP contribution is 2.33. The molecule has 0 heterocycles. The predicted molar refractivity (Wildman–Crippen MR) is 96.3 cm³/mol. The van der Waals surface area contributed by atoms with E-state index in [0.717, 1.165) is 32.5 Å². The van der Waals surface area contributed by atoms with Crippen LogP contribution >= 0.6 is 31.9 Å². The Hall–Kier alpha value is -1.00. The van der Waals surface area contributed by atoms with Gasteiger partial charge in [-0.25, -0.2) is 0 Å². The Balaban J connectivity index is 2.22. The van der Waals surface area contributed by atoms with Crippen molar-refractivity contribution in [2.75, 3.05) is 11.9 Å². The van der Waals surface area contributed by atoms with Crippen LogP contribution in [-0.2, 0) is 6.54 Å². The zero-order chi connectivity index (χ0) is 15.4. The van der Waals surface area contributed by atoms with Crippen LogP contribution in [0.15, 0.2) is 39.3 Å². The molecule has 2 aromatic rings. The number of nitrogens with one attached hydrogen (secondary N) is 1. The first-order chi connectivity index (χ1) is 9.99. The summed E-state index contributed by atoms with van der Waals surface area (Å²) in [5.41, 5.74) is 4.78. The highest BCUT2D eigenvalue weighted by Gasteiger charge is 2.10. The van der Waals surface area contributed by atoms with Gasteiger partial charge in [0.25, 0.3) is 0 Å². The van der Waals surface area contributed by atoms with Gasteiger partial charge in [0.2, 0.25) is 0 Å². The van der Waals surface area contributed by atoms with Crippen molar-refractivity contribution in [1.82, 2.24) is 0 Å². The van der Waals surface area contributed by atoms with E-state index in [1.165, 1.54) is 11.1 Å². The largest absolute Gasteiger partial charge is 0.492 e. The summed E-state index contributed by atoms with van der Waals surface area (Å²) in [6.07, 6.45) is 0. The molecule has 0 aliphatic heterocycles. The molecule has 0 radical (unpaired) electrons. The topological polar surface area (TPSA) is 21.3 Å². The average molecular weight is 413 g/mol. The monoisotopic (exact) mass is 411 g/mol. The minimum Gasteiger partial charge on any atom is -0.492 e. The van der Waals surface area contributed by atoms with Crippen molar-refractivity contribution in [2.24, 2.45) is 0 Å². The second kappa shape index (κ2) is 7.32. The molecular formula is C17H19Br2NO. The van der Waals surface area contributed by atoms with Gasteiger partial charge < -0.3 is 10.1 Å². The van der Waals surface area contributed by atoms with E-state index in [1.807, 2.05) is 13.0 Å². The van der Waals surface area contributed by atoms with E-state index in [-0.39, 0.29) is 0 Å². The summed E-state index contributed by atoms with van der Waals surface area (Å²) in [4.78, 5) is 0. The Morgan fingerprint density at radius 3 is 2.29 bits per heavy atom. The Labute approximate surface area is 143 Å². The summed E-state index contributed by atoms with van der Waals surface area (Å²) in [5.74, 6) is 0.901. The van der Waals surface area contributed by atoms with Gasteiger partial charge in [0, 0.05) is 22.3 Å². The minimum atomic E-state index is 0.650. The van der Waals surface area contributed by atoms with Gasteiger partial charge in [-0.15, -0.1) is 0 Å². The third-order valence-corrected chi connectivity index (χ3v) is 4.13. The number of benzene rings is 2. The molecule has 0 amide bonds. The zero-order valence-electron chi connectivity index (χ0n) is 12.5. The molecule has 0 saturated carbocycles. The lowest BCUT2D eigenvalue weighted by Crippen LogP contribution is -2.04. The van der Waals surface area contributed by atoms with Crippen LogP contribution in [0.1, 0.15) is 23.6 Å². The van der Waals surface area contributed by atoms with Gasteiger partial charge in [0.15, 0.2) is 0 Å². The molecular weight excluding hydrogens is 394 g/mol. The summed E-state index contributed by atoms with van der Waals surface area (Å²) in [6.45, 7) is 7.58. The average Bonchev–Trinajstić information content (AvgIpc) is 2.38. The van der Waals surface area contributed by atoms with Gasteiger partial charge in [0.1, 0.15) is 5.75 Å². The first-order valence-corrected chi connectivity index (χ1v) is 8.51. The van der Waals surface area contributed by atoms with E-state index < -0.39 is 0 Å². The highest BCUT2D eigenvalue weighted by atomic mass is 79.9. The van der Waals surface area contributed by atoms with E-state index in [4.69, 9.17) is 4.74 Å². The molecule has 0 aromatic heterocycles. The van der Waals surface area contributed by atoms with Crippen molar-refractivity contribution in [3.63, 3.8) is 0 Å². The SMILES string of the molecule is CCOc1c(Br)cc(Br)cc1CNc1cc(C)cc(C)c1. The van der Waals surface area contributed by atoms with Crippen LogP contribution in [0.25, 0.3) is 0 Å². The first kappa shape index (κ1) is 16.4. The molecule has 1 N–H and O–H groups in total. The fourth-order valence-corrected chi connectivity index (χ4v) is 3.75. The fourth-order valence-electron chi connectivity index (χ4n) is 2.32. The molecule has 0 bridgehead atoms. The molecule has 0 unspecified atom stereocenters. The Morgan fingerprint density at radius 1 is 1.00 bits per heavy atom. The van der Waals surface area contributed by atoms with Crippen molar-refractivity contribution < 1.29 is 4.74 Å². The number of anilines is 1. The Kier molecular flexibility index (Phi) is 5.71. The van der Waals surface area contributed by atoms with Gasteiger partial charge in [0.05, 0.1) is 11.1 Å². The summed E-state index contributed by atoms with van der Waals surface area (Å²) >= 11 is 7.10. The van der Waals surface area contributed by atoms with Crippen LogP contribution in [0.5, 0.6) is 5.75 Å². The molecule has 0 saturated heterocycles. The van der Waals surface area contributed by atoms with E-state index in [0.29, 0.717) is 6.61 Å². The summed E-state index contributed by atoms with van der Waals surface area (Å²) < 4.78 is 7.76. The standard InChI is InChI=1S/C17H19Br2NO/c1-4-21-17-13(8-14(18)9-16(17)19)10-20-15-6-11(2)5-12(3)7-15/h5-9,20H,4,10H2,1-3H3. The number of aryl methyl sites for hydroxylation is 2. The van der Waals surface area contributed by atoms with Gasteiger partial charge >= 0.3 is 0 Å². The number of rotatable bonds is 5. The minimum absolute atomic E-state index is 0.650. The van der Waals surface area contributed by atoms with Gasteiger partial charge in [-0.05, 0) is 72.1 Å². The molecule has 0 spiro atoms. The summed E-state index contributed by atoms with van der Waals surface area (Å²) in [6, 6.07) is 10.6. The van der Waals surface area contributed by atoms with E-state index in [2.05, 4.69) is 75.3 Å². The normalized spacial score (nSPS) is 10.5. The molecule has 4 heteroatoms. The van der Waals surface area contributed by atoms with Crippen molar-refractivity contribution in [1.29, 1.82) is 0 Å². The smallest absolute Gasteiger partial charge is 0.138 e. The maximum atomic E-state index is 5.75. The molecule has 2 nitrogen and oxygen atoms in total. The van der Waals surface area contributed by atoms with Crippen LogP contribution in [0, 0.1) is 13.8 Å². The summed E-state index contributed by atoms with van der Waals surface area (Å²) in [7, 11) is 0. The van der Waals surface area contributed by atoms with Crippen LogP contribution in [-0.4, -0.2) is 6.61 Å². The Bertz CT molecular complexity index is 621. The quantitative estimate of drug-likeness (QED) is 0.665. The van der Waals surface area contributed by atoms with Crippen LogP contribution in [0.3, 0.4) is 0 Å². The molecule has 0 fully saturated rings. The van der Waals surface area contributed by atoms with Crippen LogP contribution in [0.2, 0.25) is 0 Å². The third-order valence-electron chi connectivity index (χ3n) is 3.08. The molecule has 2 aromatic carbocycles. The number of hydrogen-bond acceptors (Lipinski definition) is 2. The third kappa shape index (κ3) is 4.48. The maximum Gasteiger partial charge on any atom is 0.138 e. The highest BCUT2D eigenvalue weighted by molar-refractivity contribution is 9.11. The van der Waals surface area contributed by atoms with Gasteiger partial charge in [-0.1, -0.05) is 22.0 Å². The van der Waals surface area contributed by atoms with E-state index in [1.54, 1.807) is 0 Å². The van der Waals surface area contributed by atoms with Crippen LogP contribution < -0.4 is 10.1 Å². The molecule has 0 aliphatic rings. The zero-order valence-corrected chi connectivity index (χ0v) is 15.6. The molecule has 2 rings (SSSR count).